The van der Waals surface area contributed by atoms with Gasteiger partial charge in [0.15, 0.2) is 0 Å². The second-order valence-corrected chi connectivity index (χ2v) is 7.65. The van der Waals surface area contributed by atoms with E-state index >= 15 is 0 Å². The van der Waals surface area contributed by atoms with Crippen LogP contribution in [-0.4, -0.2) is 45.5 Å². The molecule has 1 N–H and O–H groups in total. The van der Waals surface area contributed by atoms with Gasteiger partial charge in [0, 0.05) is 37.8 Å². The lowest BCUT2D eigenvalue weighted by molar-refractivity contribution is -0.138. The average Bonchev–Trinajstić information content (AvgIpc) is 2.98. The van der Waals surface area contributed by atoms with E-state index < -0.39 is 17.3 Å². The summed E-state index contributed by atoms with van der Waals surface area (Å²) in [6.45, 7) is 6.64. The molecule has 0 spiro atoms. The highest BCUT2D eigenvalue weighted by atomic mass is 19.4. The molecule has 1 unspecified atom stereocenters. The lowest BCUT2D eigenvalue weighted by Crippen LogP contribution is -2.31. The van der Waals surface area contributed by atoms with Crippen molar-refractivity contribution in [2.75, 3.05) is 13.1 Å². The van der Waals surface area contributed by atoms with E-state index in [1.165, 1.54) is 4.90 Å². The number of fused-ring (bicyclic) bond motifs is 1. The van der Waals surface area contributed by atoms with E-state index in [0.29, 0.717) is 31.6 Å². The number of benzene rings is 1. The van der Waals surface area contributed by atoms with Crippen molar-refractivity contribution < 1.29 is 23.1 Å². The van der Waals surface area contributed by atoms with Gasteiger partial charge in [-0.2, -0.15) is 13.2 Å². The Balaban J connectivity index is 1.96. The molecule has 4 nitrogen and oxygen atoms in total. The van der Waals surface area contributed by atoms with Crippen LogP contribution in [0.5, 0.6) is 0 Å². The summed E-state index contributed by atoms with van der Waals surface area (Å²) in [5, 5.41) is 10.0. The Kier molecular flexibility index (Phi) is 4.36. The summed E-state index contributed by atoms with van der Waals surface area (Å²) in [6.07, 6.45) is -3.91. The quantitative estimate of drug-likeness (QED) is 0.905. The second kappa shape index (κ2) is 5.99. The molecule has 1 fully saturated rings. The summed E-state index contributed by atoms with van der Waals surface area (Å²) in [5.74, 6) is -0.342. The smallest absolute Gasteiger partial charge is 0.389 e. The van der Waals surface area contributed by atoms with Crippen LogP contribution in [0.25, 0.3) is 0 Å². The number of halogens is 3. The lowest BCUT2D eigenvalue weighted by atomic mass is 9.98. The van der Waals surface area contributed by atoms with E-state index in [1.807, 2.05) is 4.90 Å². The molecule has 1 saturated heterocycles. The van der Waals surface area contributed by atoms with Crippen molar-refractivity contribution in [2.45, 2.75) is 58.1 Å². The minimum atomic E-state index is -4.50. The van der Waals surface area contributed by atoms with Crippen LogP contribution in [0.4, 0.5) is 13.2 Å². The number of nitrogens with zero attached hydrogens (tertiary/aromatic N) is 2. The molecule has 0 saturated carbocycles. The number of amides is 1. The first-order valence-electron chi connectivity index (χ1n) is 8.47. The SMILES string of the molecule is CC(C)N1Cc2c(cc(CN3CCC(C)(O)C3)cc2C(F)(F)F)C1=O. The molecule has 0 aromatic heterocycles. The van der Waals surface area contributed by atoms with Crippen molar-refractivity contribution in [1.82, 2.24) is 9.80 Å². The van der Waals surface area contributed by atoms with Crippen LogP contribution in [0.1, 0.15) is 54.2 Å². The average molecular weight is 356 g/mol. The summed E-state index contributed by atoms with van der Waals surface area (Å²) in [4.78, 5) is 15.9. The minimum Gasteiger partial charge on any atom is -0.389 e. The first-order chi connectivity index (χ1) is 11.5. The fraction of sp³-hybridized carbons (Fsp3) is 0.611. The normalized spacial score (nSPS) is 24.5. The Morgan fingerprint density at radius 2 is 2.00 bits per heavy atom. The second-order valence-electron chi connectivity index (χ2n) is 7.65. The molecule has 0 aliphatic carbocycles. The first-order valence-corrected chi connectivity index (χ1v) is 8.47. The molecule has 2 aliphatic rings. The van der Waals surface area contributed by atoms with E-state index in [9.17, 15) is 23.1 Å². The Bertz CT molecular complexity index is 698. The van der Waals surface area contributed by atoms with Gasteiger partial charge in [0.05, 0.1) is 11.2 Å². The molecular weight excluding hydrogens is 333 g/mol. The zero-order chi connectivity index (χ0) is 18.6. The Morgan fingerprint density at radius 3 is 2.52 bits per heavy atom. The zero-order valence-corrected chi connectivity index (χ0v) is 14.7. The van der Waals surface area contributed by atoms with Gasteiger partial charge in [0.1, 0.15) is 0 Å². The number of β-amino-alcohol motifs (C(OH)–C–C–N with tert-alkyl or cyclic N) is 1. The molecule has 3 rings (SSSR count). The Labute approximate surface area is 145 Å². The highest BCUT2D eigenvalue weighted by Gasteiger charge is 2.41. The summed E-state index contributed by atoms with van der Waals surface area (Å²) < 4.78 is 40.6. The van der Waals surface area contributed by atoms with Gasteiger partial charge < -0.3 is 10.0 Å². The molecule has 0 radical (unpaired) electrons. The summed E-state index contributed by atoms with van der Waals surface area (Å²) >= 11 is 0. The number of hydrogen-bond acceptors (Lipinski definition) is 3. The van der Waals surface area contributed by atoms with Crippen LogP contribution >= 0.6 is 0 Å². The van der Waals surface area contributed by atoms with Crippen LogP contribution in [0.2, 0.25) is 0 Å². The van der Waals surface area contributed by atoms with Crippen LogP contribution in [0.15, 0.2) is 12.1 Å². The van der Waals surface area contributed by atoms with Gasteiger partial charge in [-0.25, -0.2) is 0 Å². The predicted molar refractivity (Wildman–Crippen MR) is 87.0 cm³/mol. The molecular formula is C18H23F3N2O2. The molecule has 7 heteroatoms. The van der Waals surface area contributed by atoms with Crippen LogP contribution < -0.4 is 0 Å². The first kappa shape index (κ1) is 18.2. The topological polar surface area (TPSA) is 43.8 Å². The van der Waals surface area contributed by atoms with Gasteiger partial charge in [-0.1, -0.05) is 0 Å². The maximum absolute atomic E-state index is 13.5. The predicted octanol–water partition coefficient (Wildman–Crippen LogP) is 3.03. The number of likely N-dealkylation sites (tertiary alicyclic amines) is 1. The molecule has 1 atom stereocenters. The third kappa shape index (κ3) is 3.53. The molecule has 1 amide bonds. The van der Waals surface area contributed by atoms with E-state index in [1.54, 1.807) is 26.8 Å². The Morgan fingerprint density at radius 1 is 1.32 bits per heavy atom. The van der Waals surface area contributed by atoms with E-state index in [2.05, 4.69) is 0 Å². The molecule has 138 valence electrons. The maximum Gasteiger partial charge on any atom is 0.416 e. The van der Waals surface area contributed by atoms with Crippen LogP contribution in [-0.2, 0) is 19.3 Å². The van der Waals surface area contributed by atoms with Crippen molar-refractivity contribution in [1.29, 1.82) is 0 Å². The zero-order valence-electron chi connectivity index (χ0n) is 14.7. The van der Waals surface area contributed by atoms with Crippen molar-refractivity contribution in [2.24, 2.45) is 0 Å². The summed E-state index contributed by atoms with van der Waals surface area (Å²) in [7, 11) is 0. The summed E-state index contributed by atoms with van der Waals surface area (Å²) in [6, 6.07) is 2.59. The van der Waals surface area contributed by atoms with Gasteiger partial charge in [0.2, 0.25) is 0 Å². The Hall–Kier alpha value is -1.60. The molecule has 25 heavy (non-hydrogen) atoms. The summed E-state index contributed by atoms with van der Waals surface area (Å²) in [5.41, 5.74) is -0.841. The monoisotopic (exact) mass is 356 g/mol. The molecule has 1 aromatic carbocycles. The number of carbonyl (C=O) groups is 1. The third-order valence-electron chi connectivity index (χ3n) is 5.00. The fourth-order valence-corrected chi connectivity index (χ4v) is 3.68. The molecule has 1 aromatic rings. The standard InChI is InChI=1S/C18H23F3N2O2/c1-11(2)23-9-14-13(16(23)24)6-12(7-15(14)18(19,20)21)8-22-5-4-17(3,25)10-22/h6-7,11,25H,4-5,8-10H2,1-3H3. The molecule has 0 bridgehead atoms. The van der Waals surface area contributed by atoms with Gasteiger partial charge >= 0.3 is 6.18 Å². The highest BCUT2D eigenvalue weighted by Crippen LogP contribution is 2.39. The largest absolute Gasteiger partial charge is 0.416 e. The number of aliphatic hydroxyl groups is 1. The van der Waals surface area contributed by atoms with Crippen molar-refractivity contribution in [3.05, 3.63) is 34.4 Å². The van der Waals surface area contributed by atoms with Gasteiger partial charge in [-0.3, -0.25) is 9.69 Å². The van der Waals surface area contributed by atoms with Crippen molar-refractivity contribution in [3.8, 4) is 0 Å². The number of rotatable bonds is 3. The van der Waals surface area contributed by atoms with Crippen LogP contribution in [0, 0.1) is 0 Å². The van der Waals surface area contributed by atoms with E-state index in [-0.39, 0.29) is 29.6 Å². The molecule has 2 heterocycles. The van der Waals surface area contributed by atoms with E-state index in [4.69, 9.17) is 0 Å². The van der Waals surface area contributed by atoms with E-state index in [0.717, 1.165) is 6.07 Å². The minimum absolute atomic E-state index is 0.000613. The third-order valence-corrected chi connectivity index (χ3v) is 5.00. The fourth-order valence-electron chi connectivity index (χ4n) is 3.68. The molecule has 2 aliphatic heterocycles. The number of carbonyl (C=O) groups excluding carboxylic acids is 1. The van der Waals surface area contributed by atoms with Gasteiger partial charge in [0.25, 0.3) is 5.91 Å². The van der Waals surface area contributed by atoms with Gasteiger partial charge in [-0.05, 0) is 50.5 Å². The highest BCUT2D eigenvalue weighted by molar-refractivity contribution is 5.99. The lowest BCUT2D eigenvalue weighted by Gasteiger charge is -2.20. The maximum atomic E-state index is 13.5. The van der Waals surface area contributed by atoms with Crippen LogP contribution in [0.3, 0.4) is 0 Å². The van der Waals surface area contributed by atoms with Crippen molar-refractivity contribution in [3.63, 3.8) is 0 Å². The van der Waals surface area contributed by atoms with Crippen molar-refractivity contribution >= 4 is 5.91 Å². The number of alkyl halides is 3. The number of hydrogen-bond donors (Lipinski definition) is 1. The van der Waals surface area contributed by atoms with Gasteiger partial charge in [-0.15, -0.1) is 0 Å².